The second-order valence-electron chi connectivity index (χ2n) is 4.93. The summed E-state index contributed by atoms with van der Waals surface area (Å²) in [6.45, 7) is 1.30. The van der Waals surface area contributed by atoms with E-state index >= 15 is 0 Å². The quantitative estimate of drug-likeness (QED) is 0.906. The van der Waals surface area contributed by atoms with E-state index in [1.807, 2.05) is 0 Å². The van der Waals surface area contributed by atoms with Crippen LogP contribution in [0.25, 0.3) is 0 Å². The molecular formula is C12H12F2N2O3. The fourth-order valence-electron chi connectivity index (χ4n) is 2.74. The molecule has 3 rings (SSSR count). The molecule has 7 heteroatoms. The number of ether oxygens (including phenoxy) is 1. The number of likely N-dealkylation sites (tertiary alicyclic amines) is 1. The van der Waals surface area contributed by atoms with E-state index in [2.05, 4.69) is 4.98 Å². The molecule has 0 spiro atoms. The van der Waals surface area contributed by atoms with Gasteiger partial charge in [-0.2, -0.15) is 0 Å². The Labute approximate surface area is 107 Å². The predicted molar refractivity (Wildman–Crippen MR) is 59.7 cm³/mol. The van der Waals surface area contributed by atoms with Crippen LogP contribution in [0.1, 0.15) is 0 Å². The first-order chi connectivity index (χ1) is 9.06. The van der Waals surface area contributed by atoms with Crippen molar-refractivity contribution >= 4 is 6.09 Å². The topological polar surface area (TPSA) is 62.7 Å². The van der Waals surface area contributed by atoms with Gasteiger partial charge in [-0.1, -0.05) is 0 Å². The number of carboxylic acid groups (broad SMARTS) is 1. The molecule has 0 aromatic carbocycles. The Bertz CT molecular complexity index is 514. The van der Waals surface area contributed by atoms with E-state index in [0.717, 1.165) is 12.3 Å². The van der Waals surface area contributed by atoms with Gasteiger partial charge in [-0.3, -0.25) is 0 Å². The number of piperidine rings is 1. The van der Waals surface area contributed by atoms with E-state index in [4.69, 9.17) is 9.84 Å². The molecule has 5 nitrogen and oxygen atoms in total. The monoisotopic (exact) mass is 270 g/mol. The molecule has 2 fully saturated rings. The maximum absolute atomic E-state index is 13.3. The zero-order valence-electron chi connectivity index (χ0n) is 9.92. The number of hydrogen-bond acceptors (Lipinski definition) is 3. The lowest BCUT2D eigenvalue weighted by molar-refractivity contribution is 0.144. The van der Waals surface area contributed by atoms with Crippen molar-refractivity contribution in [1.29, 1.82) is 0 Å². The number of rotatable bonds is 3. The lowest BCUT2D eigenvalue weighted by atomic mass is 10.3. The maximum Gasteiger partial charge on any atom is 0.407 e. The van der Waals surface area contributed by atoms with Crippen LogP contribution in [0.5, 0.6) is 5.88 Å². The Balaban J connectivity index is 1.52. The molecule has 1 aromatic rings. The Morgan fingerprint density at radius 3 is 2.74 bits per heavy atom. The van der Waals surface area contributed by atoms with E-state index in [1.54, 1.807) is 0 Å². The molecule has 102 valence electrons. The van der Waals surface area contributed by atoms with Gasteiger partial charge in [-0.05, 0) is 11.8 Å². The molecule has 0 radical (unpaired) electrons. The Morgan fingerprint density at radius 2 is 2.16 bits per heavy atom. The Morgan fingerprint density at radius 1 is 1.47 bits per heavy atom. The lowest BCUT2D eigenvalue weighted by Crippen LogP contribution is -2.30. The minimum absolute atomic E-state index is 0.207. The first-order valence-electron chi connectivity index (χ1n) is 5.98. The van der Waals surface area contributed by atoms with Gasteiger partial charge in [0, 0.05) is 25.1 Å². The highest BCUT2D eigenvalue weighted by molar-refractivity contribution is 5.65. The number of hydrogen-bond donors (Lipinski definition) is 1. The van der Waals surface area contributed by atoms with Gasteiger partial charge < -0.3 is 14.7 Å². The number of aromatic nitrogens is 1. The number of amides is 1. The van der Waals surface area contributed by atoms with E-state index in [-0.39, 0.29) is 11.8 Å². The highest BCUT2D eigenvalue weighted by Crippen LogP contribution is 2.51. The molecule has 1 aromatic heterocycles. The Hall–Kier alpha value is -1.92. The fraction of sp³-hybridized carbons (Fsp3) is 0.500. The average Bonchev–Trinajstić information content (AvgIpc) is 2.81. The highest BCUT2D eigenvalue weighted by Gasteiger charge is 2.57. The van der Waals surface area contributed by atoms with E-state index < -0.39 is 17.7 Å². The molecule has 19 heavy (non-hydrogen) atoms. The van der Waals surface area contributed by atoms with E-state index in [0.29, 0.717) is 31.5 Å². The SMILES string of the molecule is O=C(O)N1C[C@@H]2C(COc3ncc(F)cc3F)[C@@H]2C1. The molecule has 3 atom stereocenters. The van der Waals surface area contributed by atoms with Crippen LogP contribution in [0, 0.1) is 29.4 Å². The highest BCUT2D eigenvalue weighted by atomic mass is 19.1. The minimum Gasteiger partial charge on any atom is -0.475 e. The van der Waals surface area contributed by atoms with Gasteiger partial charge in [-0.15, -0.1) is 0 Å². The molecule has 0 bridgehead atoms. The zero-order valence-corrected chi connectivity index (χ0v) is 9.92. The van der Waals surface area contributed by atoms with Gasteiger partial charge in [0.25, 0.3) is 5.88 Å². The zero-order chi connectivity index (χ0) is 13.6. The van der Waals surface area contributed by atoms with Crippen LogP contribution in [0.2, 0.25) is 0 Å². The predicted octanol–water partition coefficient (Wildman–Crippen LogP) is 1.59. The summed E-state index contributed by atoms with van der Waals surface area (Å²) in [5, 5.41) is 8.81. The van der Waals surface area contributed by atoms with Gasteiger partial charge in [-0.25, -0.2) is 18.6 Å². The van der Waals surface area contributed by atoms with E-state index in [9.17, 15) is 13.6 Å². The van der Waals surface area contributed by atoms with Gasteiger partial charge in [0.05, 0.1) is 12.8 Å². The molecule has 2 aliphatic rings. The molecule has 1 amide bonds. The van der Waals surface area contributed by atoms with Crippen molar-refractivity contribution in [3.63, 3.8) is 0 Å². The van der Waals surface area contributed by atoms with Crippen LogP contribution in [0.4, 0.5) is 13.6 Å². The van der Waals surface area contributed by atoms with Crippen LogP contribution in [0.15, 0.2) is 12.3 Å². The third-order valence-corrected chi connectivity index (χ3v) is 3.83. The standard InChI is InChI=1S/C12H12F2N2O3/c13-6-1-10(14)11(15-2-6)19-5-9-7-3-16(12(17)18)4-8(7)9/h1-2,7-9H,3-5H2,(H,17,18)/t7-,8+,9?. The van der Waals surface area contributed by atoms with Crippen LogP contribution in [0.3, 0.4) is 0 Å². The summed E-state index contributed by atoms with van der Waals surface area (Å²) in [5.74, 6) is -0.953. The van der Waals surface area contributed by atoms with E-state index in [1.165, 1.54) is 4.90 Å². The number of carbonyl (C=O) groups is 1. The number of halogens is 2. The summed E-state index contributed by atoms with van der Waals surface area (Å²) in [7, 11) is 0. The van der Waals surface area contributed by atoms with Crippen molar-refractivity contribution in [3.8, 4) is 5.88 Å². The van der Waals surface area contributed by atoms with Crippen molar-refractivity contribution in [2.45, 2.75) is 0 Å². The van der Waals surface area contributed by atoms with Crippen LogP contribution < -0.4 is 4.74 Å². The second kappa shape index (κ2) is 4.32. The summed E-state index contributed by atoms with van der Waals surface area (Å²) >= 11 is 0. The first-order valence-corrected chi connectivity index (χ1v) is 5.98. The van der Waals surface area contributed by atoms with Crippen molar-refractivity contribution in [1.82, 2.24) is 9.88 Å². The van der Waals surface area contributed by atoms with Gasteiger partial charge in [0.15, 0.2) is 5.82 Å². The number of nitrogens with zero attached hydrogens (tertiary/aromatic N) is 2. The van der Waals surface area contributed by atoms with Crippen LogP contribution in [-0.2, 0) is 0 Å². The third kappa shape index (κ3) is 2.20. The average molecular weight is 270 g/mol. The molecule has 1 unspecified atom stereocenters. The molecule has 1 aliphatic heterocycles. The third-order valence-electron chi connectivity index (χ3n) is 3.83. The van der Waals surface area contributed by atoms with Crippen LogP contribution in [-0.4, -0.2) is 40.8 Å². The first kappa shape index (κ1) is 12.1. The second-order valence-corrected chi connectivity index (χ2v) is 4.93. The van der Waals surface area contributed by atoms with Gasteiger partial charge in [0.1, 0.15) is 5.82 Å². The molecule has 2 heterocycles. The van der Waals surface area contributed by atoms with Crippen LogP contribution >= 0.6 is 0 Å². The van der Waals surface area contributed by atoms with Crippen molar-refractivity contribution < 1.29 is 23.4 Å². The molecule has 1 N–H and O–H groups in total. The summed E-state index contributed by atoms with van der Waals surface area (Å²) in [5.41, 5.74) is 0. The van der Waals surface area contributed by atoms with Crippen molar-refractivity contribution in [2.75, 3.05) is 19.7 Å². The van der Waals surface area contributed by atoms with Crippen molar-refractivity contribution in [3.05, 3.63) is 23.9 Å². The summed E-state index contributed by atoms with van der Waals surface area (Å²) in [4.78, 5) is 15.6. The largest absolute Gasteiger partial charge is 0.475 e. The minimum atomic E-state index is -0.905. The van der Waals surface area contributed by atoms with Gasteiger partial charge >= 0.3 is 6.09 Å². The summed E-state index contributed by atoms with van der Waals surface area (Å²) in [6.07, 6.45) is -0.00343. The molecule has 1 aliphatic carbocycles. The smallest absolute Gasteiger partial charge is 0.407 e. The molecule has 1 saturated carbocycles. The molecule has 1 saturated heterocycles. The normalized spacial score (nSPS) is 28.1. The Kier molecular flexibility index (Phi) is 2.76. The number of fused-ring (bicyclic) bond motifs is 1. The molecular weight excluding hydrogens is 258 g/mol. The number of pyridine rings is 1. The lowest BCUT2D eigenvalue weighted by Gasteiger charge is -2.15. The fourth-order valence-corrected chi connectivity index (χ4v) is 2.74. The maximum atomic E-state index is 13.3. The van der Waals surface area contributed by atoms with Crippen molar-refractivity contribution in [2.24, 2.45) is 17.8 Å². The summed E-state index contributed by atoms with van der Waals surface area (Å²) < 4.78 is 31.1. The summed E-state index contributed by atoms with van der Waals surface area (Å²) in [6, 6.07) is 0.724. The van der Waals surface area contributed by atoms with Gasteiger partial charge in [0.2, 0.25) is 0 Å².